The fourth-order valence-corrected chi connectivity index (χ4v) is 3.65. The van der Waals surface area contributed by atoms with Crippen LogP contribution in [0.5, 0.6) is 0 Å². The molecule has 0 saturated heterocycles. The molecule has 0 aromatic carbocycles. The molecule has 7 nitrogen and oxygen atoms in total. The lowest BCUT2D eigenvalue weighted by atomic mass is 9.84. The highest BCUT2D eigenvalue weighted by molar-refractivity contribution is 5.85. The minimum Gasteiger partial charge on any atom is -0.466 e. The quantitative estimate of drug-likeness (QED) is 0.248. The summed E-state index contributed by atoms with van der Waals surface area (Å²) in [5.41, 5.74) is -0.297. The molecule has 1 aliphatic rings. The number of guanidine groups is 1. The molecule has 1 fully saturated rings. The summed E-state index contributed by atoms with van der Waals surface area (Å²) in [4.78, 5) is 29.9. The van der Waals surface area contributed by atoms with Crippen molar-refractivity contribution in [2.45, 2.75) is 64.7 Å². The number of carbonyl (C=O) groups is 2. The van der Waals surface area contributed by atoms with Crippen LogP contribution in [0.4, 0.5) is 0 Å². The van der Waals surface area contributed by atoms with Gasteiger partial charge in [-0.1, -0.05) is 25.7 Å². The molecule has 0 aliphatic heterocycles. The topological polar surface area (TPSA) is 83.0 Å². The number of hydrogen-bond donors (Lipinski definition) is 2. The van der Waals surface area contributed by atoms with Crippen LogP contribution in [0.3, 0.4) is 0 Å². The fraction of sp³-hybridized carbons (Fsp3) is 0.850. The predicted octanol–water partition coefficient (Wildman–Crippen LogP) is 2.31. The van der Waals surface area contributed by atoms with E-state index in [2.05, 4.69) is 15.6 Å². The van der Waals surface area contributed by atoms with E-state index in [4.69, 9.17) is 4.74 Å². The van der Waals surface area contributed by atoms with Crippen molar-refractivity contribution in [1.29, 1.82) is 0 Å². The van der Waals surface area contributed by atoms with Gasteiger partial charge >= 0.3 is 5.97 Å². The van der Waals surface area contributed by atoms with Crippen LogP contribution in [-0.4, -0.2) is 63.6 Å². The van der Waals surface area contributed by atoms with Crippen molar-refractivity contribution >= 4 is 17.8 Å². The summed E-state index contributed by atoms with van der Waals surface area (Å²) in [5.74, 6) is 0.859. The first kappa shape index (κ1) is 23.2. The van der Waals surface area contributed by atoms with E-state index < -0.39 is 0 Å². The number of esters is 1. The van der Waals surface area contributed by atoms with E-state index in [1.807, 2.05) is 21.0 Å². The van der Waals surface area contributed by atoms with E-state index in [1.165, 1.54) is 0 Å². The van der Waals surface area contributed by atoms with Gasteiger partial charge in [-0.05, 0) is 32.6 Å². The maximum atomic E-state index is 12.6. The van der Waals surface area contributed by atoms with Gasteiger partial charge in [-0.2, -0.15) is 0 Å². The molecule has 0 atom stereocenters. The standard InChI is InChI=1S/C20H38N4O3/c1-5-27-17(25)12-8-6-7-11-15-22-19(21-2)23-16-20(13-9-10-14-20)18(26)24(3)4/h5-16H2,1-4H3,(H2,21,22,23). The van der Waals surface area contributed by atoms with E-state index >= 15 is 0 Å². The molecule has 156 valence electrons. The summed E-state index contributed by atoms with van der Waals surface area (Å²) in [5, 5.41) is 6.67. The second-order valence-corrected chi connectivity index (χ2v) is 7.51. The van der Waals surface area contributed by atoms with Gasteiger partial charge in [0.1, 0.15) is 0 Å². The van der Waals surface area contributed by atoms with Gasteiger partial charge in [-0.25, -0.2) is 0 Å². The van der Waals surface area contributed by atoms with Crippen LogP contribution in [0.1, 0.15) is 64.7 Å². The Labute approximate surface area is 164 Å². The number of ether oxygens (including phenoxy) is 1. The molecule has 1 rings (SSSR count). The van der Waals surface area contributed by atoms with Crippen LogP contribution in [0.15, 0.2) is 4.99 Å². The lowest BCUT2D eigenvalue weighted by Crippen LogP contribution is -2.49. The Hall–Kier alpha value is -1.79. The predicted molar refractivity (Wildman–Crippen MR) is 109 cm³/mol. The molecule has 27 heavy (non-hydrogen) atoms. The SMILES string of the molecule is CCOC(=O)CCCCCCNC(=NC)NCC1(C(=O)N(C)C)CCCC1. The third-order valence-electron chi connectivity index (χ3n) is 5.14. The van der Waals surface area contributed by atoms with Gasteiger partial charge in [0.05, 0.1) is 12.0 Å². The third kappa shape index (κ3) is 8.18. The molecular weight excluding hydrogens is 344 g/mol. The highest BCUT2D eigenvalue weighted by Gasteiger charge is 2.42. The number of hydrogen-bond acceptors (Lipinski definition) is 4. The average molecular weight is 383 g/mol. The summed E-state index contributed by atoms with van der Waals surface area (Å²) in [6.07, 6.45) is 8.58. The van der Waals surface area contributed by atoms with Crippen LogP contribution in [0, 0.1) is 5.41 Å². The van der Waals surface area contributed by atoms with Crippen molar-refractivity contribution in [3.63, 3.8) is 0 Å². The summed E-state index contributed by atoms with van der Waals surface area (Å²) in [7, 11) is 5.42. The Kier molecular flexibility index (Phi) is 10.8. The first-order valence-electron chi connectivity index (χ1n) is 10.3. The molecule has 1 amide bonds. The molecule has 7 heteroatoms. The molecule has 0 aromatic heterocycles. The number of amides is 1. The van der Waals surface area contributed by atoms with Crippen LogP contribution in [-0.2, 0) is 14.3 Å². The first-order valence-corrected chi connectivity index (χ1v) is 10.3. The number of unbranched alkanes of at least 4 members (excludes halogenated alkanes) is 3. The van der Waals surface area contributed by atoms with Gasteiger partial charge in [0.25, 0.3) is 0 Å². The van der Waals surface area contributed by atoms with Crippen LogP contribution in [0.25, 0.3) is 0 Å². The Morgan fingerprint density at radius 2 is 1.74 bits per heavy atom. The van der Waals surface area contributed by atoms with E-state index in [0.717, 1.165) is 63.9 Å². The van der Waals surface area contributed by atoms with Gasteiger partial charge in [0.2, 0.25) is 5.91 Å². The molecule has 0 unspecified atom stereocenters. The zero-order valence-corrected chi connectivity index (χ0v) is 17.6. The molecular formula is C20H38N4O3. The van der Waals surface area contributed by atoms with Gasteiger partial charge < -0.3 is 20.3 Å². The Morgan fingerprint density at radius 1 is 1.07 bits per heavy atom. The maximum Gasteiger partial charge on any atom is 0.305 e. The Bertz CT molecular complexity index is 486. The lowest BCUT2D eigenvalue weighted by molar-refractivity contribution is -0.143. The van der Waals surface area contributed by atoms with Crippen molar-refractivity contribution in [3.05, 3.63) is 0 Å². The second kappa shape index (κ2) is 12.6. The fourth-order valence-electron chi connectivity index (χ4n) is 3.65. The van der Waals surface area contributed by atoms with E-state index in [-0.39, 0.29) is 17.3 Å². The summed E-state index contributed by atoms with van der Waals surface area (Å²) < 4.78 is 4.92. The van der Waals surface area contributed by atoms with Gasteiger partial charge in [0, 0.05) is 40.7 Å². The van der Waals surface area contributed by atoms with E-state index in [1.54, 1.807) is 11.9 Å². The van der Waals surface area contributed by atoms with Crippen molar-refractivity contribution in [2.24, 2.45) is 10.4 Å². The number of carbonyl (C=O) groups excluding carboxylic acids is 2. The smallest absolute Gasteiger partial charge is 0.305 e. The number of aliphatic imine (C=N–C) groups is 1. The van der Waals surface area contributed by atoms with Gasteiger partial charge in [-0.15, -0.1) is 0 Å². The highest BCUT2D eigenvalue weighted by Crippen LogP contribution is 2.38. The molecule has 1 saturated carbocycles. The second-order valence-electron chi connectivity index (χ2n) is 7.51. The summed E-state index contributed by atoms with van der Waals surface area (Å²) in [6, 6.07) is 0. The monoisotopic (exact) mass is 382 g/mol. The third-order valence-corrected chi connectivity index (χ3v) is 5.14. The van der Waals surface area contributed by atoms with Crippen molar-refractivity contribution in [2.75, 3.05) is 40.8 Å². The molecule has 1 aliphatic carbocycles. The van der Waals surface area contributed by atoms with E-state index in [9.17, 15) is 9.59 Å². The maximum absolute atomic E-state index is 12.6. The molecule has 0 bridgehead atoms. The number of nitrogens with one attached hydrogen (secondary N) is 2. The Balaban J connectivity index is 2.24. The minimum absolute atomic E-state index is 0.103. The molecule has 0 aromatic rings. The molecule has 0 radical (unpaired) electrons. The van der Waals surface area contributed by atoms with Crippen LogP contribution >= 0.6 is 0 Å². The summed E-state index contributed by atoms with van der Waals surface area (Å²) in [6.45, 7) is 3.74. The van der Waals surface area contributed by atoms with Crippen LogP contribution in [0.2, 0.25) is 0 Å². The zero-order valence-electron chi connectivity index (χ0n) is 17.6. The van der Waals surface area contributed by atoms with Gasteiger partial charge in [0.15, 0.2) is 5.96 Å². The molecule has 0 spiro atoms. The normalized spacial score (nSPS) is 16.1. The Morgan fingerprint density at radius 3 is 2.33 bits per heavy atom. The number of rotatable bonds is 11. The summed E-state index contributed by atoms with van der Waals surface area (Å²) >= 11 is 0. The van der Waals surface area contributed by atoms with Crippen molar-refractivity contribution < 1.29 is 14.3 Å². The van der Waals surface area contributed by atoms with E-state index in [0.29, 0.717) is 19.6 Å². The van der Waals surface area contributed by atoms with Gasteiger partial charge in [-0.3, -0.25) is 14.6 Å². The van der Waals surface area contributed by atoms with Crippen molar-refractivity contribution in [1.82, 2.24) is 15.5 Å². The van der Waals surface area contributed by atoms with Crippen molar-refractivity contribution in [3.8, 4) is 0 Å². The average Bonchev–Trinajstić information content (AvgIpc) is 3.12. The zero-order chi connectivity index (χ0) is 20.1. The molecule has 0 heterocycles. The lowest BCUT2D eigenvalue weighted by Gasteiger charge is -2.31. The minimum atomic E-state index is -0.297. The highest BCUT2D eigenvalue weighted by atomic mass is 16.5. The molecule has 2 N–H and O–H groups in total. The first-order chi connectivity index (χ1) is 12.9. The number of nitrogens with zero attached hydrogens (tertiary/aromatic N) is 2. The largest absolute Gasteiger partial charge is 0.466 e. The van der Waals surface area contributed by atoms with Crippen LogP contribution < -0.4 is 10.6 Å².